The Labute approximate surface area is 155 Å². The molecule has 0 radical (unpaired) electrons. The average molecular weight is 353 g/mol. The van der Waals surface area contributed by atoms with Crippen LogP contribution in [-0.4, -0.2) is 51.1 Å². The number of para-hydroxylation sites is 1. The summed E-state index contributed by atoms with van der Waals surface area (Å²) in [6.07, 6.45) is 1.03. The van der Waals surface area contributed by atoms with Crippen molar-refractivity contribution >= 4 is 5.91 Å². The first-order chi connectivity index (χ1) is 12.6. The van der Waals surface area contributed by atoms with Gasteiger partial charge in [-0.25, -0.2) is 0 Å². The van der Waals surface area contributed by atoms with Gasteiger partial charge in [0.05, 0.1) is 5.56 Å². The summed E-state index contributed by atoms with van der Waals surface area (Å²) < 4.78 is 5.80. The van der Waals surface area contributed by atoms with Crippen LogP contribution in [0.3, 0.4) is 0 Å². The molecule has 5 heteroatoms. The Morgan fingerprint density at radius 3 is 2.81 bits per heavy atom. The molecule has 1 aliphatic rings. The van der Waals surface area contributed by atoms with Crippen LogP contribution in [0.1, 0.15) is 27.5 Å². The summed E-state index contributed by atoms with van der Waals surface area (Å²) in [6, 6.07) is 16.0. The Morgan fingerprint density at radius 1 is 1.19 bits per heavy atom. The van der Waals surface area contributed by atoms with Gasteiger partial charge in [0.15, 0.2) is 0 Å². The highest BCUT2D eigenvalue weighted by Gasteiger charge is 2.20. The molecule has 0 bridgehead atoms. The van der Waals surface area contributed by atoms with Gasteiger partial charge in [-0.05, 0) is 50.3 Å². The second kappa shape index (κ2) is 8.83. The van der Waals surface area contributed by atoms with Crippen LogP contribution >= 0.6 is 0 Å². The maximum Gasteiger partial charge on any atom is 0.255 e. The zero-order valence-electron chi connectivity index (χ0n) is 15.5. The number of ether oxygens (including phenoxy) is 1. The van der Waals surface area contributed by atoms with Gasteiger partial charge in [-0.3, -0.25) is 4.79 Å². The smallest absolute Gasteiger partial charge is 0.255 e. The van der Waals surface area contributed by atoms with Crippen molar-refractivity contribution in [1.82, 2.24) is 15.5 Å². The molecule has 138 valence electrons. The Morgan fingerprint density at radius 2 is 1.96 bits per heavy atom. The van der Waals surface area contributed by atoms with Crippen LogP contribution in [0.5, 0.6) is 5.75 Å². The van der Waals surface area contributed by atoms with Crippen molar-refractivity contribution in [3.63, 3.8) is 0 Å². The van der Waals surface area contributed by atoms with Gasteiger partial charge in [-0.15, -0.1) is 0 Å². The molecule has 0 aromatic heterocycles. The molecule has 1 heterocycles. The van der Waals surface area contributed by atoms with Gasteiger partial charge >= 0.3 is 0 Å². The zero-order valence-corrected chi connectivity index (χ0v) is 15.5. The second-order valence-electron chi connectivity index (χ2n) is 6.81. The number of carbonyl (C=O) groups excluding carboxylic acids is 1. The minimum absolute atomic E-state index is 0.102. The van der Waals surface area contributed by atoms with Crippen LogP contribution in [0.4, 0.5) is 0 Å². The van der Waals surface area contributed by atoms with E-state index in [2.05, 4.69) is 39.8 Å². The zero-order chi connectivity index (χ0) is 18.4. The Bertz CT molecular complexity index is 746. The molecule has 0 fully saturated rings. The van der Waals surface area contributed by atoms with Crippen LogP contribution in [0.25, 0.3) is 0 Å². The van der Waals surface area contributed by atoms with Gasteiger partial charge < -0.3 is 20.3 Å². The molecule has 5 nitrogen and oxygen atoms in total. The molecule has 0 saturated carbocycles. The fourth-order valence-corrected chi connectivity index (χ4v) is 3.18. The molecule has 1 aliphatic heterocycles. The maximum atomic E-state index is 12.7. The Balaban J connectivity index is 1.62. The molecule has 1 unspecified atom stereocenters. The van der Waals surface area contributed by atoms with Crippen LogP contribution in [-0.2, 0) is 6.42 Å². The van der Waals surface area contributed by atoms with Crippen molar-refractivity contribution in [1.29, 1.82) is 0 Å². The fraction of sp³-hybridized carbons (Fsp3) is 0.381. The van der Waals surface area contributed by atoms with E-state index in [-0.39, 0.29) is 11.9 Å². The largest absolute Gasteiger partial charge is 0.491 e. The lowest BCUT2D eigenvalue weighted by atomic mass is 9.94. The number of benzene rings is 2. The number of rotatable bonds is 7. The number of amides is 1. The van der Waals surface area contributed by atoms with Gasteiger partial charge in [0.2, 0.25) is 0 Å². The van der Waals surface area contributed by atoms with Gasteiger partial charge in [0, 0.05) is 19.1 Å². The van der Waals surface area contributed by atoms with Crippen molar-refractivity contribution < 1.29 is 9.53 Å². The molecule has 2 N–H and O–H groups in total. The first-order valence-electron chi connectivity index (χ1n) is 9.11. The number of hydrogen-bond acceptors (Lipinski definition) is 4. The van der Waals surface area contributed by atoms with Crippen LogP contribution in [0.2, 0.25) is 0 Å². The topological polar surface area (TPSA) is 53.6 Å². The lowest BCUT2D eigenvalue weighted by Crippen LogP contribution is -2.39. The van der Waals surface area contributed by atoms with Gasteiger partial charge in [0.25, 0.3) is 5.91 Å². The van der Waals surface area contributed by atoms with E-state index in [0.717, 1.165) is 19.5 Å². The number of hydrogen-bond donors (Lipinski definition) is 2. The molecule has 26 heavy (non-hydrogen) atoms. The van der Waals surface area contributed by atoms with E-state index in [1.807, 2.05) is 38.4 Å². The molecule has 3 rings (SSSR count). The normalized spacial score (nSPS) is 16.2. The summed E-state index contributed by atoms with van der Waals surface area (Å²) >= 11 is 0. The van der Waals surface area contributed by atoms with E-state index in [1.54, 1.807) is 0 Å². The molecule has 2 aromatic rings. The molecule has 1 atom stereocenters. The van der Waals surface area contributed by atoms with E-state index >= 15 is 0 Å². The minimum atomic E-state index is -0.102. The standard InChI is InChI=1S/C21H27N3O2/c1-24(2)13-14-26-20-10-6-5-9-18(20)21(25)23-15-19-17-8-4-3-7-16(17)11-12-22-19/h3-10,19,22H,11-15H2,1-2H3,(H,23,25). The Kier molecular flexibility index (Phi) is 6.26. The van der Waals surface area contributed by atoms with Crippen LogP contribution in [0, 0.1) is 0 Å². The molecule has 2 aromatic carbocycles. The molecule has 0 aliphatic carbocycles. The van der Waals surface area contributed by atoms with Crippen LogP contribution in [0.15, 0.2) is 48.5 Å². The fourth-order valence-electron chi connectivity index (χ4n) is 3.18. The SMILES string of the molecule is CN(C)CCOc1ccccc1C(=O)NCC1NCCc2ccccc21. The van der Waals surface area contributed by atoms with Crippen molar-refractivity contribution in [2.45, 2.75) is 12.5 Å². The average Bonchev–Trinajstić information content (AvgIpc) is 2.66. The lowest BCUT2D eigenvalue weighted by molar-refractivity contribution is 0.0944. The van der Waals surface area contributed by atoms with Gasteiger partial charge in [-0.1, -0.05) is 36.4 Å². The number of fused-ring (bicyclic) bond motifs is 1. The Hall–Kier alpha value is -2.37. The quantitative estimate of drug-likeness (QED) is 0.802. The van der Waals surface area contributed by atoms with E-state index in [1.165, 1.54) is 11.1 Å². The maximum absolute atomic E-state index is 12.7. The molecule has 0 spiro atoms. The predicted molar refractivity (Wildman–Crippen MR) is 104 cm³/mol. The number of likely N-dealkylation sites (N-methyl/N-ethyl adjacent to an activating group) is 1. The summed E-state index contributed by atoms with van der Waals surface area (Å²) in [6.45, 7) is 2.84. The molecular formula is C21H27N3O2. The highest BCUT2D eigenvalue weighted by atomic mass is 16.5. The predicted octanol–water partition coefficient (Wildman–Crippen LogP) is 2.24. The summed E-state index contributed by atoms with van der Waals surface area (Å²) in [7, 11) is 3.99. The minimum Gasteiger partial charge on any atom is -0.491 e. The van der Waals surface area contributed by atoms with Crippen molar-refractivity contribution in [2.75, 3.05) is 40.3 Å². The van der Waals surface area contributed by atoms with E-state index in [4.69, 9.17) is 4.74 Å². The van der Waals surface area contributed by atoms with Crippen molar-refractivity contribution in [3.05, 3.63) is 65.2 Å². The first-order valence-corrected chi connectivity index (χ1v) is 9.11. The number of carbonyl (C=O) groups is 1. The highest BCUT2D eigenvalue weighted by Crippen LogP contribution is 2.22. The summed E-state index contributed by atoms with van der Waals surface area (Å²) in [4.78, 5) is 14.7. The third-order valence-electron chi connectivity index (χ3n) is 4.61. The van der Waals surface area contributed by atoms with Crippen LogP contribution < -0.4 is 15.4 Å². The summed E-state index contributed by atoms with van der Waals surface area (Å²) in [5, 5.41) is 6.55. The van der Waals surface area contributed by atoms with E-state index < -0.39 is 0 Å². The second-order valence-corrected chi connectivity index (χ2v) is 6.81. The first kappa shape index (κ1) is 18.4. The van der Waals surface area contributed by atoms with Gasteiger partial charge in [-0.2, -0.15) is 0 Å². The van der Waals surface area contributed by atoms with E-state index in [0.29, 0.717) is 24.5 Å². The van der Waals surface area contributed by atoms with Crippen molar-refractivity contribution in [3.8, 4) is 5.75 Å². The number of nitrogens with one attached hydrogen (secondary N) is 2. The monoisotopic (exact) mass is 353 g/mol. The molecule has 1 amide bonds. The third-order valence-corrected chi connectivity index (χ3v) is 4.61. The summed E-state index contributed by atoms with van der Waals surface area (Å²) in [5.41, 5.74) is 3.21. The highest BCUT2D eigenvalue weighted by molar-refractivity contribution is 5.96. The molecular weight excluding hydrogens is 326 g/mol. The van der Waals surface area contributed by atoms with Gasteiger partial charge in [0.1, 0.15) is 12.4 Å². The molecule has 0 saturated heterocycles. The lowest BCUT2D eigenvalue weighted by Gasteiger charge is -2.27. The van der Waals surface area contributed by atoms with Crippen molar-refractivity contribution in [2.24, 2.45) is 0 Å². The third kappa shape index (κ3) is 4.62. The van der Waals surface area contributed by atoms with E-state index in [9.17, 15) is 4.79 Å². The number of nitrogens with zero attached hydrogens (tertiary/aromatic N) is 1. The summed E-state index contributed by atoms with van der Waals surface area (Å²) in [5.74, 6) is 0.527.